The standard InChI is InChI=1S/C14H18N4O2/c1-2-15-8-4-10-17-13-7-6-12-11(5-3-9-16-12)14(13)18(19)20/h3,5-7,9,15,17H,2,4,8,10H2,1H3. The molecule has 1 heterocycles. The van der Waals surface area contributed by atoms with Crippen molar-refractivity contribution in [2.75, 3.05) is 25.0 Å². The second-order valence-electron chi connectivity index (χ2n) is 4.42. The van der Waals surface area contributed by atoms with Crippen LogP contribution in [0.25, 0.3) is 10.9 Å². The summed E-state index contributed by atoms with van der Waals surface area (Å²) >= 11 is 0. The van der Waals surface area contributed by atoms with Gasteiger partial charge in [-0.05, 0) is 43.8 Å². The lowest BCUT2D eigenvalue weighted by Gasteiger charge is -2.09. The number of benzene rings is 1. The van der Waals surface area contributed by atoms with Gasteiger partial charge in [0.15, 0.2) is 0 Å². The summed E-state index contributed by atoms with van der Waals surface area (Å²) in [5.74, 6) is 0. The van der Waals surface area contributed by atoms with Gasteiger partial charge >= 0.3 is 5.69 Å². The number of nitrogens with one attached hydrogen (secondary N) is 2. The number of pyridine rings is 1. The Hall–Kier alpha value is -2.21. The molecule has 2 rings (SSSR count). The van der Waals surface area contributed by atoms with E-state index in [-0.39, 0.29) is 10.6 Å². The number of hydrogen-bond acceptors (Lipinski definition) is 5. The molecule has 0 atom stereocenters. The average molecular weight is 274 g/mol. The van der Waals surface area contributed by atoms with Gasteiger partial charge in [-0.3, -0.25) is 15.1 Å². The quantitative estimate of drug-likeness (QED) is 0.461. The maximum Gasteiger partial charge on any atom is 0.301 e. The highest BCUT2D eigenvalue weighted by Crippen LogP contribution is 2.32. The fourth-order valence-corrected chi connectivity index (χ4v) is 2.09. The molecule has 0 unspecified atom stereocenters. The van der Waals surface area contributed by atoms with E-state index in [0.717, 1.165) is 19.5 Å². The third-order valence-corrected chi connectivity index (χ3v) is 3.03. The minimum atomic E-state index is -0.351. The summed E-state index contributed by atoms with van der Waals surface area (Å²) in [4.78, 5) is 15.1. The number of nitro benzene ring substituents is 1. The summed E-state index contributed by atoms with van der Waals surface area (Å²) in [6, 6.07) is 6.96. The van der Waals surface area contributed by atoms with Gasteiger partial charge in [-0.2, -0.15) is 0 Å². The monoisotopic (exact) mass is 274 g/mol. The average Bonchev–Trinajstić information content (AvgIpc) is 2.46. The number of fused-ring (bicyclic) bond motifs is 1. The van der Waals surface area contributed by atoms with E-state index in [2.05, 4.69) is 22.5 Å². The van der Waals surface area contributed by atoms with E-state index < -0.39 is 0 Å². The number of anilines is 1. The summed E-state index contributed by atoms with van der Waals surface area (Å²) < 4.78 is 0. The molecule has 1 aromatic carbocycles. The fraction of sp³-hybridized carbons (Fsp3) is 0.357. The Morgan fingerprint density at radius 2 is 2.15 bits per heavy atom. The minimum Gasteiger partial charge on any atom is -0.379 e. The highest BCUT2D eigenvalue weighted by Gasteiger charge is 2.18. The molecule has 0 amide bonds. The first-order valence-electron chi connectivity index (χ1n) is 6.70. The van der Waals surface area contributed by atoms with Crippen molar-refractivity contribution in [3.05, 3.63) is 40.6 Å². The molecule has 0 bridgehead atoms. The Labute approximate surface area is 117 Å². The Bertz CT molecular complexity index is 601. The summed E-state index contributed by atoms with van der Waals surface area (Å²) in [6.07, 6.45) is 2.55. The van der Waals surface area contributed by atoms with E-state index in [4.69, 9.17) is 0 Å². The van der Waals surface area contributed by atoms with Crippen LogP contribution in [-0.4, -0.2) is 29.5 Å². The van der Waals surface area contributed by atoms with E-state index in [1.807, 2.05) is 0 Å². The number of rotatable bonds is 7. The van der Waals surface area contributed by atoms with Crippen molar-refractivity contribution in [1.29, 1.82) is 0 Å². The molecule has 2 N–H and O–H groups in total. The van der Waals surface area contributed by atoms with E-state index >= 15 is 0 Å². The van der Waals surface area contributed by atoms with Crippen LogP contribution in [0, 0.1) is 10.1 Å². The maximum atomic E-state index is 11.3. The Balaban J connectivity index is 2.20. The first kappa shape index (κ1) is 14.2. The topological polar surface area (TPSA) is 80.1 Å². The summed E-state index contributed by atoms with van der Waals surface area (Å²) in [5, 5.41) is 18.2. The van der Waals surface area contributed by atoms with Crippen LogP contribution in [0.1, 0.15) is 13.3 Å². The van der Waals surface area contributed by atoms with Crippen LogP contribution < -0.4 is 10.6 Å². The predicted octanol–water partition coefficient (Wildman–Crippen LogP) is 2.55. The molecule has 0 aliphatic heterocycles. The molecule has 0 spiro atoms. The Kier molecular flexibility index (Phi) is 4.84. The van der Waals surface area contributed by atoms with Gasteiger partial charge < -0.3 is 10.6 Å². The molecule has 1 aromatic heterocycles. The van der Waals surface area contributed by atoms with Gasteiger partial charge in [0.2, 0.25) is 0 Å². The van der Waals surface area contributed by atoms with E-state index in [9.17, 15) is 10.1 Å². The number of hydrogen-bond donors (Lipinski definition) is 2. The fourth-order valence-electron chi connectivity index (χ4n) is 2.09. The van der Waals surface area contributed by atoms with Crippen molar-refractivity contribution < 1.29 is 4.92 Å². The van der Waals surface area contributed by atoms with Crippen LogP contribution in [0.4, 0.5) is 11.4 Å². The second-order valence-corrected chi connectivity index (χ2v) is 4.42. The molecule has 6 nitrogen and oxygen atoms in total. The van der Waals surface area contributed by atoms with Gasteiger partial charge in [-0.25, -0.2) is 0 Å². The zero-order valence-electron chi connectivity index (χ0n) is 11.4. The van der Waals surface area contributed by atoms with Crippen LogP contribution in [0.15, 0.2) is 30.5 Å². The van der Waals surface area contributed by atoms with Crippen LogP contribution in [0.2, 0.25) is 0 Å². The van der Waals surface area contributed by atoms with Gasteiger partial charge in [-0.15, -0.1) is 0 Å². The highest BCUT2D eigenvalue weighted by molar-refractivity contribution is 5.94. The highest BCUT2D eigenvalue weighted by atomic mass is 16.6. The van der Waals surface area contributed by atoms with Crippen molar-refractivity contribution in [3.8, 4) is 0 Å². The van der Waals surface area contributed by atoms with Crippen LogP contribution in [0.5, 0.6) is 0 Å². The number of aromatic nitrogens is 1. The van der Waals surface area contributed by atoms with E-state index in [0.29, 0.717) is 23.1 Å². The van der Waals surface area contributed by atoms with Crippen molar-refractivity contribution in [2.45, 2.75) is 13.3 Å². The molecule has 0 saturated heterocycles. The van der Waals surface area contributed by atoms with Gasteiger partial charge in [0, 0.05) is 12.7 Å². The molecule has 0 saturated carbocycles. The van der Waals surface area contributed by atoms with Crippen LogP contribution >= 0.6 is 0 Å². The first-order valence-corrected chi connectivity index (χ1v) is 6.70. The Morgan fingerprint density at radius 1 is 1.30 bits per heavy atom. The smallest absolute Gasteiger partial charge is 0.301 e. The zero-order chi connectivity index (χ0) is 14.4. The van der Waals surface area contributed by atoms with Gasteiger partial charge in [0.1, 0.15) is 5.69 Å². The Morgan fingerprint density at radius 3 is 2.90 bits per heavy atom. The van der Waals surface area contributed by atoms with Crippen molar-refractivity contribution in [1.82, 2.24) is 10.3 Å². The zero-order valence-corrected chi connectivity index (χ0v) is 11.4. The van der Waals surface area contributed by atoms with E-state index in [1.54, 1.807) is 30.5 Å². The lowest BCUT2D eigenvalue weighted by molar-refractivity contribution is -0.382. The molecular formula is C14H18N4O2. The molecule has 20 heavy (non-hydrogen) atoms. The summed E-state index contributed by atoms with van der Waals surface area (Å²) in [7, 11) is 0. The van der Waals surface area contributed by atoms with Gasteiger partial charge in [-0.1, -0.05) is 6.92 Å². The number of nitrogens with zero attached hydrogens (tertiary/aromatic N) is 2. The predicted molar refractivity (Wildman–Crippen MR) is 80.0 cm³/mol. The largest absolute Gasteiger partial charge is 0.379 e. The summed E-state index contributed by atoms with van der Waals surface area (Å²) in [5.41, 5.74) is 1.28. The number of nitro groups is 1. The first-order chi connectivity index (χ1) is 9.74. The SMILES string of the molecule is CCNCCCNc1ccc2ncccc2c1[N+](=O)[O-]. The second kappa shape index (κ2) is 6.81. The normalized spacial score (nSPS) is 10.7. The lowest BCUT2D eigenvalue weighted by Crippen LogP contribution is -2.17. The van der Waals surface area contributed by atoms with Gasteiger partial charge in [0.25, 0.3) is 0 Å². The molecule has 0 aliphatic carbocycles. The van der Waals surface area contributed by atoms with Crippen LogP contribution in [0.3, 0.4) is 0 Å². The van der Waals surface area contributed by atoms with Gasteiger partial charge in [0.05, 0.1) is 15.8 Å². The third kappa shape index (κ3) is 3.21. The third-order valence-electron chi connectivity index (χ3n) is 3.03. The molecule has 6 heteroatoms. The van der Waals surface area contributed by atoms with Crippen molar-refractivity contribution in [3.63, 3.8) is 0 Å². The molecule has 0 radical (unpaired) electrons. The lowest BCUT2D eigenvalue weighted by atomic mass is 10.1. The molecule has 0 aliphatic rings. The van der Waals surface area contributed by atoms with Crippen molar-refractivity contribution in [2.24, 2.45) is 0 Å². The molecular weight excluding hydrogens is 256 g/mol. The molecule has 0 fully saturated rings. The van der Waals surface area contributed by atoms with E-state index in [1.165, 1.54) is 0 Å². The van der Waals surface area contributed by atoms with Crippen molar-refractivity contribution >= 4 is 22.3 Å². The maximum absolute atomic E-state index is 11.3. The minimum absolute atomic E-state index is 0.0963. The van der Waals surface area contributed by atoms with Crippen LogP contribution in [-0.2, 0) is 0 Å². The molecule has 106 valence electrons. The summed E-state index contributed by atoms with van der Waals surface area (Å²) in [6.45, 7) is 4.57. The molecule has 2 aromatic rings.